The molecule has 1 aromatic rings. The number of carbonyl (C=O) groups excluding carboxylic acids is 1. The van der Waals surface area contributed by atoms with Gasteiger partial charge >= 0.3 is 0 Å². The van der Waals surface area contributed by atoms with Gasteiger partial charge in [0.2, 0.25) is 5.91 Å². The van der Waals surface area contributed by atoms with Gasteiger partial charge in [-0.15, -0.1) is 0 Å². The SMILES string of the molecule is NCCCN1C(=O)C(CO)/C(=N\N)c2ccccc21. The van der Waals surface area contributed by atoms with Crippen molar-refractivity contribution in [1.29, 1.82) is 0 Å². The number of nitrogens with zero attached hydrogens (tertiary/aromatic N) is 2. The Morgan fingerprint density at radius 2 is 2.11 bits per heavy atom. The summed E-state index contributed by atoms with van der Waals surface area (Å²) in [6.07, 6.45) is 0.702. The molecule has 0 saturated heterocycles. The molecular formula is C13H18N4O2. The number of amides is 1. The van der Waals surface area contributed by atoms with E-state index in [1.165, 1.54) is 0 Å². The van der Waals surface area contributed by atoms with Gasteiger partial charge in [-0.05, 0) is 19.0 Å². The Bertz CT molecular complexity index is 501. The van der Waals surface area contributed by atoms with Gasteiger partial charge in [-0.1, -0.05) is 18.2 Å². The highest BCUT2D eigenvalue weighted by Gasteiger charge is 2.36. The minimum atomic E-state index is -0.697. The Hall–Kier alpha value is -1.92. The number of para-hydroxylation sites is 1. The molecule has 0 aliphatic carbocycles. The Balaban J connectivity index is 2.48. The molecule has 1 atom stereocenters. The predicted octanol–water partition coefficient (Wildman–Crippen LogP) is -0.347. The summed E-state index contributed by atoms with van der Waals surface area (Å²) < 4.78 is 0. The minimum absolute atomic E-state index is 0.182. The summed E-state index contributed by atoms with van der Waals surface area (Å²) >= 11 is 0. The summed E-state index contributed by atoms with van der Waals surface area (Å²) in [6, 6.07) is 7.42. The fourth-order valence-corrected chi connectivity index (χ4v) is 2.34. The number of hydrazone groups is 1. The van der Waals surface area contributed by atoms with Crippen LogP contribution in [0, 0.1) is 5.92 Å². The number of aliphatic hydroxyl groups excluding tert-OH is 1. The zero-order valence-corrected chi connectivity index (χ0v) is 10.6. The van der Waals surface area contributed by atoms with Crippen molar-refractivity contribution in [3.05, 3.63) is 29.8 Å². The van der Waals surface area contributed by atoms with E-state index in [1.54, 1.807) is 4.90 Å². The fraction of sp³-hybridized carbons (Fsp3) is 0.385. The molecule has 1 unspecified atom stereocenters. The zero-order valence-electron chi connectivity index (χ0n) is 10.6. The third-order valence-corrected chi connectivity index (χ3v) is 3.27. The van der Waals surface area contributed by atoms with E-state index in [4.69, 9.17) is 11.6 Å². The Morgan fingerprint density at radius 3 is 2.74 bits per heavy atom. The number of benzene rings is 1. The first-order valence-electron chi connectivity index (χ1n) is 6.24. The van der Waals surface area contributed by atoms with Crippen molar-refractivity contribution in [2.45, 2.75) is 6.42 Å². The van der Waals surface area contributed by atoms with Crippen LogP contribution in [0.15, 0.2) is 29.4 Å². The quantitative estimate of drug-likeness (QED) is 0.509. The van der Waals surface area contributed by atoms with Crippen LogP contribution in [0.25, 0.3) is 0 Å². The van der Waals surface area contributed by atoms with E-state index in [9.17, 15) is 9.90 Å². The van der Waals surface area contributed by atoms with Gasteiger partial charge in [0, 0.05) is 12.1 Å². The average Bonchev–Trinajstić information content (AvgIpc) is 2.45. The summed E-state index contributed by atoms with van der Waals surface area (Å²) in [7, 11) is 0. The molecule has 1 heterocycles. The lowest BCUT2D eigenvalue weighted by Crippen LogP contribution is -2.47. The van der Waals surface area contributed by atoms with Crippen molar-refractivity contribution < 1.29 is 9.90 Å². The van der Waals surface area contributed by atoms with E-state index >= 15 is 0 Å². The largest absolute Gasteiger partial charge is 0.395 e. The molecule has 102 valence electrons. The molecule has 0 fully saturated rings. The lowest BCUT2D eigenvalue weighted by Gasteiger charge is -2.34. The highest BCUT2D eigenvalue weighted by Crippen LogP contribution is 2.30. The number of aliphatic hydroxyl groups is 1. The van der Waals surface area contributed by atoms with Gasteiger partial charge in [0.15, 0.2) is 0 Å². The first-order chi connectivity index (χ1) is 9.24. The van der Waals surface area contributed by atoms with E-state index < -0.39 is 5.92 Å². The second-order valence-corrected chi connectivity index (χ2v) is 4.40. The van der Waals surface area contributed by atoms with Crippen LogP contribution in [0.5, 0.6) is 0 Å². The van der Waals surface area contributed by atoms with Gasteiger partial charge < -0.3 is 21.6 Å². The predicted molar refractivity (Wildman–Crippen MR) is 73.8 cm³/mol. The standard InChI is InChI=1S/C13H18N4O2/c14-6-3-7-17-11-5-2-1-4-9(11)12(16-15)10(8-18)13(17)19/h1-2,4-5,10,18H,3,6-8,14-15H2/b16-12-. The average molecular weight is 262 g/mol. The van der Waals surface area contributed by atoms with Crippen LogP contribution in [0.1, 0.15) is 12.0 Å². The number of hydrogen-bond acceptors (Lipinski definition) is 5. The fourth-order valence-electron chi connectivity index (χ4n) is 2.34. The number of anilines is 1. The van der Waals surface area contributed by atoms with Crippen LogP contribution in [0.3, 0.4) is 0 Å². The molecule has 5 N–H and O–H groups in total. The number of carbonyl (C=O) groups is 1. The van der Waals surface area contributed by atoms with Crippen molar-refractivity contribution in [2.75, 3.05) is 24.6 Å². The molecule has 1 aliphatic rings. The number of hydrogen-bond donors (Lipinski definition) is 3. The number of fused-ring (bicyclic) bond motifs is 1. The van der Waals surface area contributed by atoms with E-state index in [0.29, 0.717) is 25.2 Å². The molecule has 0 radical (unpaired) electrons. The number of rotatable bonds is 4. The molecule has 0 aromatic heterocycles. The summed E-state index contributed by atoms with van der Waals surface area (Å²) in [5, 5.41) is 13.1. The molecule has 1 amide bonds. The Morgan fingerprint density at radius 1 is 1.37 bits per heavy atom. The normalized spacial score (nSPS) is 20.7. The highest BCUT2D eigenvalue weighted by molar-refractivity contribution is 6.23. The molecule has 19 heavy (non-hydrogen) atoms. The van der Waals surface area contributed by atoms with Crippen LogP contribution in [0.2, 0.25) is 0 Å². The Labute approximate surface area is 111 Å². The maximum atomic E-state index is 12.4. The smallest absolute Gasteiger partial charge is 0.238 e. The van der Waals surface area contributed by atoms with Gasteiger partial charge in [0.25, 0.3) is 0 Å². The molecule has 1 aromatic carbocycles. The van der Waals surface area contributed by atoms with Crippen LogP contribution in [0.4, 0.5) is 5.69 Å². The second-order valence-electron chi connectivity index (χ2n) is 4.40. The maximum Gasteiger partial charge on any atom is 0.238 e. The molecule has 2 rings (SSSR count). The van der Waals surface area contributed by atoms with E-state index in [1.807, 2.05) is 24.3 Å². The van der Waals surface area contributed by atoms with Crippen LogP contribution in [-0.4, -0.2) is 36.4 Å². The van der Waals surface area contributed by atoms with E-state index in [2.05, 4.69) is 5.10 Å². The maximum absolute atomic E-state index is 12.4. The van der Waals surface area contributed by atoms with Crippen molar-refractivity contribution in [1.82, 2.24) is 0 Å². The molecular weight excluding hydrogens is 244 g/mol. The van der Waals surface area contributed by atoms with E-state index in [0.717, 1.165) is 11.3 Å². The topological polar surface area (TPSA) is 105 Å². The van der Waals surface area contributed by atoms with Gasteiger partial charge in [-0.2, -0.15) is 5.10 Å². The lowest BCUT2D eigenvalue weighted by atomic mass is 9.89. The van der Waals surface area contributed by atoms with Crippen molar-refractivity contribution in [3.63, 3.8) is 0 Å². The van der Waals surface area contributed by atoms with Crippen LogP contribution in [-0.2, 0) is 4.79 Å². The molecule has 6 heteroatoms. The minimum Gasteiger partial charge on any atom is -0.395 e. The molecule has 0 spiro atoms. The second kappa shape index (κ2) is 5.81. The number of nitrogens with two attached hydrogens (primary N) is 2. The summed E-state index contributed by atoms with van der Waals surface area (Å²) in [5.41, 5.74) is 7.50. The highest BCUT2D eigenvalue weighted by atomic mass is 16.3. The van der Waals surface area contributed by atoms with Crippen molar-refractivity contribution in [3.8, 4) is 0 Å². The molecule has 0 bridgehead atoms. The first kappa shape index (κ1) is 13.5. The van der Waals surface area contributed by atoms with Crippen molar-refractivity contribution in [2.24, 2.45) is 22.6 Å². The first-order valence-corrected chi connectivity index (χ1v) is 6.24. The summed E-state index contributed by atoms with van der Waals surface area (Å²) in [5.74, 6) is 4.50. The van der Waals surface area contributed by atoms with E-state index in [-0.39, 0.29) is 12.5 Å². The van der Waals surface area contributed by atoms with Gasteiger partial charge in [-0.25, -0.2) is 0 Å². The monoisotopic (exact) mass is 262 g/mol. The molecule has 1 aliphatic heterocycles. The summed E-state index contributed by atoms with van der Waals surface area (Å²) in [6.45, 7) is 0.733. The Kier molecular flexibility index (Phi) is 4.13. The van der Waals surface area contributed by atoms with Gasteiger partial charge in [-0.3, -0.25) is 4.79 Å². The molecule has 0 saturated carbocycles. The third kappa shape index (κ3) is 2.32. The lowest BCUT2D eigenvalue weighted by molar-refractivity contribution is -0.121. The third-order valence-electron chi connectivity index (χ3n) is 3.27. The summed E-state index contributed by atoms with van der Waals surface area (Å²) in [4.78, 5) is 14.0. The van der Waals surface area contributed by atoms with Crippen LogP contribution >= 0.6 is 0 Å². The molecule has 6 nitrogen and oxygen atoms in total. The van der Waals surface area contributed by atoms with Gasteiger partial charge in [0.05, 0.1) is 18.0 Å². The zero-order chi connectivity index (χ0) is 13.8. The van der Waals surface area contributed by atoms with Crippen molar-refractivity contribution >= 4 is 17.3 Å². The van der Waals surface area contributed by atoms with Crippen LogP contribution < -0.4 is 16.5 Å². The van der Waals surface area contributed by atoms with Gasteiger partial charge in [0.1, 0.15) is 5.92 Å².